The first kappa shape index (κ1) is 24.2. The fourth-order valence-corrected chi connectivity index (χ4v) is 4.97. The molecule has 0 saturated carbocycles. The third-order valence-corrected chi connectivity index (χ3v) is 7.13. The van der Waals surface area contributed by atoms with Gasteiger partial charge in [0.1, 0.15) is 11.3 Å². The number of carbonyl (C=O) groups excluding carboxylic acids is 3. The molecule has 1 heterocycles. The molecule has 1 aliphatic rings. The van der Waals surface area contributed by atoms with Crippen molar-refractivity contribution in [1.82, 2.24) is 5.32 Å². The Labute approximate surface area is 219 Å². The van der Waals surface area contributed by atoms with Crippen LogP contribution < -0.4 is 15.0 Å². The van der Waals surface area contributed by atoms with Gasteiger partial charge in [-0.05, 0) is 82.6 Å². The molecule has 3 aromatic rings. The second kappa shape index (κ2) is 10.1. The average Bonchev–Trinajstić information content (AvgIpc) is 2.79. The summed E-state index contributed by atoms with van der Waals surface area (Å²) in [7, 11) is 1.59. The van der Waals surface area contributed by atoms with Gasteiger partial charge in [-0.3, -0.25) is 14.9 Å². The number of halogens is 2. The second-order valence-electron chi connectivity index (χ2n) is 7.75. The molecule has 8 heteroatoms. The van der Waals surface area contributed by atoms with Crippen molar-refractivity contribution in [1.29, 1.82) is 0 Å². The van der Waals surface area contributed by atoms with Crippen LogP contribution in [-0.2, 0) is 16.0 Å². The summed E-state index contributed by atoms with van der Waals surface area (Å²) in [6, 6.07) is 17.9. The maximum atomic E-state index is 13.2. The molecule has 0 bridgehead atoms. The fourth-order valence-electron chi connectivity index (χ4n) is 3.73. The number of aryl methyl sites for hydroxylation is 1. The first-order valence-electron chi connectivity index (χ1n) is 10.4. The third-order valence-electron chi connectivity index (χ3n) is 5.39. The van der Waals surface area contributed by atoms with Gasteiger partial charge in [0.15, 0.2) is 0 Å². The van der Waals surface area contributed by atoms with Crippen LogP contribution in [0.5, 0.6) is 5.75 Å². The van der Waals surface area contributed by atoms with Gasteiger partial charge in [0, 0.05) is 20.0 Å². The Morgan fingerprint density at radius 2 is 1.82 bits per heavy atom. The highest BCUT2D eigenvalue weighted by atomic mass is 127. The molecule has 1 aliphatic heterocycles. The molecule has 1 saturated heterocycles. The molecule has 0 spiro atoms. The number of methoxy groups -OCH3 is 1. The van der Waals surface area contributed by atoms with Crippen LogP contribution in [0.25, 0.3) is 6.08 Å². The largest absolute Gasteiger partial charge is 0.496 e. The van der Waals surface area contributed by atoms with E-state index in [2.05, 4.69) is 43.8 Å². The number of nitrogens with one attached hydrogen (secondary N) is 1. The van der Waals surface area contributed by atoms with E-state index in [1.54, 1.807) is 31.4 Å². The highest BCUT2D eigenvalue weighted by Gasteiger charge is 2.36. The Kier molecular flexibility index (Phi) is 7.18. The Hall–Kier alpha value is -2.98. The molecule has 0 unspecified atom stereocenters. The van der Waals surface area contributed by atoms with Crippen LogP contribution >= 0.6 is 38.5 Å². The molecular weight excluding hydrogens is 611 g/mol. The average molecular weight is 631 g/mol. The lowest BCUT2D eigenvalue weighted by Gasteiger charge is -2.26. The number of hydrogen-bond donors (Lipinski definition) is 1. The topological polar surface area (TPSA) is 75.7 Å². The van der Waals surface area contributed by atoms with Crippen molar-refractivity contribution in [2.24, 2.45) is 0 Å². The lowest BCUT2D eigenvalue weighted by molar-refractivity contribution is -0.122. The fraction of sp³-hybridized carbons (Fsp3) is 0.115. The maximum Gasteiger partial charge on any atom is 0.335 e. The molecule has 34 heavy (non-hydrogen) atoms. The van der Waals surface area contributed by atoms with E-state index < -0.39 is 17.8 Å². The van der Waals surface area contributed by atoms with Crippen LogP contribution in [-0.4, -0.2) is 25.0 Å². The SMILES string of the molecule is COc1cc(/C=C2\C(=O)NC(=O)N(c3cccc(C)c3)C2=O)cc(I)c1Cc1ccccc1Br. The van der Waals surface area contributed by atoms with Gasteiger partial charge in [0.2, 0.25) is 0 Å². The molecule has 0 radical (unpaired) electrons. The lowest BCUT2D eigenvalue weighted by Crippen LogP contribution is -2.54. The highest BCUT2D eigenvalue weighted by Crippen LogP contribution is 2.32. The van der Waals surface area contributed by atoms with Gasteiger partial charge < -0.3 is 4.74 Å². The number of carbonyl (C=O) groups is 3. The lowest BCUT2D eigenvalue weighted by atomic mass is 10.0. The zero-order valence-corrected chi connectivity index (χ0v) is 22.1. The summed E-state index contributed by atoms with van der Waals surface area (Å²) in [5.74, 6) is -0.763. The molecule has 4 rings (SSSR count). The number of benzene rings is 3. The quantitative estimate of drug-likeness (QED) is 0.225. The summed E-state index contributed by atoms with van der Waals surface area (Å²) >= 11 is 5.81. The minimum atomic E-state index is -0.770. The van der Waals surface area contributed by atoms with E-state index in [0.29, 0.717) is 23.4 Å². The molecule has 3 aromatic carbocycles. The molecule has 0 aliphatic carbocycles. The molecule has 0 aromatic heterocycles. The number of rotatable bonds is 5. The molecule has 172 valence electrons. The standard InChI is InChI=1S/C26H20BrIN2O4/c1-15-6-5-8-18(10-15)30-25(32)20(24(31)29-26(30)33)11-16-12-22(28)19(23(13-16)34-2)14-17-7-3-4-9-21(17)27/h3-13H,14H2,1-2H3,(H,29,31,33)/b20-11+. The van der Waals surface area contributed by atoms with E-state index in [0.717, 1.165) is 29.6 Å². The summed E-state index contributed by atoms with van der Waals surface area (Å²) in [5.41, 5.74) is 3.89. The summed E-state index contributed by atoms with van der Waals surface area (Å²) in [5, 5.41) is 2.26. The zero-order chi connectivity index (χ0) is 24.4. The van der Waals surface area contributed by atoms with Gasteiger partial charge >= 0.3 is 6.03 Å². The zero-order valence-electron chi connectivity index (χ0n) is 18.4. The Morgan fingerprint density at radius 3 is 2.53 bits per heavy atom. The van der Waals surface area contributed by atoms with Gasteiger partial charge in [0.05, 0.1) is 12.8 Å². The van der Waals surface area contributed by atoms with Crippen molar-refractivity contribution in [3.05, 3.63) is 96.5 Å². The number of amides is 4. The Bertz CT molecular complexity index is 1350. The highest BCUT2D eigenvalue weighted by molar-refractivity contribution is 14.1. The predicted molar refractivity (Wildman–Crippen MR) is 143 cm³/mol. The molecule has 0 atom stereocenters. The minimum absolute atomic E-state index is 0.127. The summed E-state index contributed by atoms with van der Waals surface area (Å²) < 4.78 is 7.57. The Balaban J connectivity index is 1.72. The van der Waals surface area contributed by atoms with Crippen LogP contribution in [0.15, 0.2) is 70.7 Å². The predicted octanol–water partition coefficient (Wildman–Crippen LogP) is 5.63. The smallest absolute Gasteiger partial charge is 0.335 e. The van der Waals surface area contributed by atoms with Crippen LogP contribution in [0.4, 0.5) is 10.5 Å². The molecular formula is C26H20BrIN2O4. The minimum Gasteiger partial charge on any atom is -0.496 e. The Morgan fingerprint density at radius 1 is 1.06 bits per heavy atom. The maximum absolute atomic E-state index is 13.2. The van der Waals surface area contributed by atoms with E-state index in [1.165, 1.54) is 6.08 Å². The van der Waals surface area contributed by atoms with Gasteiger partial charge in [0.25, 0.3) is 11.8 Å². The van der Waals surface area contributed by atoms with E-state index in [9.17, 15) is 14.4 Å². The summed E-state index contributed by atoms with van der Waals surface area (Å²) in [6.45, 7) is 1.86. The van der Waals surface area contributed by atoms with Crippen LogP contribution in [0.1, 0.15) is 22.3 Å². The first-order chi connectivity index (χ1) is 16.3. The van der Waals surface area contributed by atoms with E-state index in [4.69, 9.17) is 4.74 Å². The normalized spacial score (nSPS) is 15.0. The molecule has 4 amide bonds. The van der Waals surface area contributed by atoms with Gasteiger partial charge in [-0.2, -0.15) is 0 Å². The molecule has 1 N–H and O–H groups in total. The number of nitrogens with zero attached hydrogens (tertiary/aromatic N) is 1. The van der Waals surface area contributed by atoms with Crippen molar-refractivity contribution >= 4 is 68.1 Å². The van der Waals surface area contributed by atoms with E-state index in [1.807, 2.05) is 43.3 Å². The van der Waals surface area contributed by atoms with Gasteiger partial charge in [-0.15, -0.1) is 0 Å². The second-order valence-corrected chi connectivity index (χ2v) is 9.77. The van der Waals surface area contributed by atoms with Gasteiger partial charge in [-0.25, -0.2) is 9.69 Å². The van der Waals surface area contributed by atoms with Crippen molar-refractivity contribution in [3.63, 3.8) is 0 Å². The van der Waals surface area contributed by atoms with Crippen molar-refractivity contribution < 1.29 is 19.1 Å². The number of ether oxygens (including phenoxy) is 1. The van der Waals surface area contributed by atoms with Crippen molar-refractivity contribution in [3.8, 4) is 5.75 Å². The third kappa shape index (κ3) is 4.92. The number of urea groups is 1. The van der Waals surface area contributed by atoms with Crippen LogP contribution in [0.3, 0.4) is 0 Å². The number of hydrogen-bond acceptors (Lipinski definition) is 4. The number of imide groups is 2. The summed E-state index contributed by atoms with van der Waals surface area (Å²) in [6.07, 6.45) is 2.13. The first-order valence-corrected chi connectivity index (χ1v) is 12.2. The molecule has 1 fully saturated rings. The van der Waals surface area contributed by atoms with E-state index in [-0.39, 0.29) is 5.57 Å². The van der Waals surface area contributed by atoms with Gasteiger partial charge in [-0.1, -0.05) is 46.3 Å². The van der Waals surface area contributed by atoms with Crippen LogP contribution in [0.2, 0.25) is 0 Å². The van der Waals surface area contributed by atoms with E-state index >= 15 is 0 Å². The van der Waals surface area contributed by atoms with Crippen molar-refractivity contribution in [2.75, 3.05) is 12.0 Å². The number of barbiturate groups is 1. The van der Waals surface area contributed by atoms with Crippen molar-refractivity contribution in [2.45, 2.75) is 13.3 Å². The monoisotopic (exact) mass is 630 g/mol. The molecule has 6 nitrogen and oxygen atoms in total. The summed E-state index contributed by atoms with van der Waals surface area (Å²) in [4.78, 5) is 39.2. The van der Waals surface area contributed by atoms with Crippen LogP contribution in [0, 0.1) is 10.5 Å². The number of anilines is 1.